The second-order valence-corrected chi connectivity index (χ2v) is 5.89. The summed E-state index contributed by atoms with van der Waals surface area (Å²) in [4.78, 5) is 11.9. The lowest BCUT2D eigenvalue weighted by atomic mass is 10.0. The summed E-state index contributed by atoms with van der Waals surface area (Å²) < 4.78 is 15.2. The molecule has 0 unspecified atom stereocenters. The quantitative estimate of drug-likeness (QED) is 0.529. The smallest absolute Gasteiger partial charge is 0.272 e. The van der Waals surface area contributed by atoms with Crippen LogP contribution in [-0.2, 0) is 6.42 Å². The number of halogens is 1. The molecule has 3 N–H and O–H groups in total. The number of aromatic nitrogens is 3. The lowest BCUT2D eigenvalue weighted by molar-refractivity contribution is 0.399. The molecule has 7 heteroatoms. The van der Waals surface area contributed by atoms with E-state index in [9.17, 15) is 19.4 Å². The minimum atomic E-state index is -0.588. The fraction of sp³-hybridized carbons (Fsp3) is 0.0526. The van der Waals surface area contributed by atoms with Gasteiger partial charge >= 0.3 is 0 Å². The van der Waals surface area contributed by atoms with Crippen molar-refractivity contribution in [3.8, 4) is 17.4 Å². The molecule has 4 aromatic rings. The van der Waals surface area contributed by atoms with E-state index in [1.165, 1.54) is 24.3 Å². The van der Waals surface area contributed by atoms with Gasteiger partial charge in [0.05, 0.1) is 16.8 Å². The standard InChI is InChI=1S/C19H14FN3O3/c20-14-6-5-11(10-16(14)23-17(24)7-8-18(23)25)9-15-12-3-1-2-4-13(12)19(26)22-21-15/h1-8,10,24-25H,9H2,(H,22,26). The Morgan fingerprint density at radius 1 is 1.00 bits per heavy atom. The third-order valence-corrected chi connectivity index (χ3v) is 4.24. The van der Waals surface area contributed by atoms with Gasteiger partial charge in [0.15, 0.2) is 11.8 Å². The number of aromatic amines is 1. The fourth-order valence-electron chi connectivity index (χ4n) is 3.00. The van der Waals surface area contributed by atoms with E-state index in [0.29, 0.717) is 28.5 Å². The molecule has 130 valence electrons. The maximum Gasteiger partial charge on any atom is 0.272 e. The summed E-state index contributed by atoms with van der Waals surface area (Å²) in [7, 11) is 0. The van der Waals surface area contributed by atoms with E-state index in [-0.39, 0.29) is 23.0 Å². The number of hydrogen-bond acceptors (Lipinski definition) is 4. The molecule has 0 spiro atoms. The zero-order valence-electron chi connectivity index (χ0n) is 13.5. The van der Waals surface area contributed by atoms with Gasteiger partial charge in [0, 0.05) is 23.9 Å². The van der Waals surface area contributed by atoms with Gasteiger partial charge < -0.3 is 10.2 Å². The zero-order chi connectivity index (χ0) is 18.3. The zero-order valence-corrected chi connectivity index (χ0v) is 13.5. The highest BCUT2D eigenvalue weighted by Crippen LogP contribution is 2.29. The Bertz CT molecular complexity index is 1160. The minimum Gasteiger partial charge on any atom is -0.494 e. The molecule has 2 aromatic heterocycles. The average molecular weight is 351 g/mol. The number of nitrogens with one attached hydrogen (secondary N) is 1. The Labute approximate surface area is 146 Å². The summed E-state index contributed by atoms with van der Waals surface area (Å²) in [5.74, 6) is -1.13. The van der Waals surface area contributed by atoms with Crippen molar-refractivity contribution >= 4 is 10.8 Å². The van der Waals surface area contributed by atoms with Crippen molar-refractivity contribution in [2.24, 2.45) is 0 Å². The van der Waals surface area contributed by atoms with Crippen molar-refractivity contribution in [1.82, 2.24) is 14.8 Å². The van der Waals surface area contributed by atoms with Gasteiger partial charge in [-0.25, -0.2) is 14.1 Å². The van der Waals surface area contributed by atoms with Crippen LogP contribution in [0.25, 0.3) is 16.5 Å². The number of H-pyrrole nitrogens is 1. The van der Waals surface area contributed by atoms with Gasteiger partial charge in [0.2, 0.25) is 0 Å². The predicted molar refractivity (Wildman–Crippen MR) is 94.2 cm³/mol. The van der Waals surface area contributed by atoms with Gasteiger partial charge in [-0.1, -0.05) is 24.3 Å². The Balaban J connectivity index is 1.81. The summed E-state index contributed by atoms with van der Waals surface area (Å²) in [6, 6.07) is 14.0. The van der Waals surface area contributed by atoms with Crippen LogP contribution in [0.4, 0.5) is 4.39 Å². The van der Waals surface area contributed by atoms with Crippen LogP contribution in [0, 0.1) is 5.82 Å². The molecule has 0 atom stereocenters. The monoisotopic (exact) mass is 351 g/mol. The highest BCUT2D eigenvalue weighted by molar-refractivity contribution is 5.83. The Morgan fingerprint density at radius 3 is 2.42 bits per heavy atom. The third kappa shape index (κ3) is 2.59. The van der Waals surface area contributed by atoms with E-state index in [4.69, 9.17) is 0 Å². The molecule has 26 heavy (non-hydrogen) atoms. The first-order valence-corrected chi connectivity index (χ1v) is 7.89. The normalized spacial score (nSPS) is 11.1. The molecule has 0 aliphatic heterocycles. The third-order valence-electron chi connectivity index (χ3n) is 4.24. The number of benzene rings is 2. The van der Waals surface area contributed by atoms with Crippen LogP contribution in [0.1, 0.15) is 11.3 Å². The van der Waals surface area contributed by atoms with E-state index < -0.39 is 5.82 Å². The fourth-order valence-corrected chi connectivity index (χ4v) is 3.00. The summed E-state index contributed by atoms with van der Waals surface area (Å²) >= 11 is 0. The summed E-state index contributed by atoms with van der Waals surface area (Å²) in [5, 5.41) is 27.5. The topological polar surface area (TPSA) is 91.1 Å². The minimum absolute atomic E-state index is 0.0243. The van der Waals surface area contributed by atoms with E-state index in [1.807, 2.05) is 6.07 Å². The van der Waals surface area contributed by atoms with Crippen molar-refractivity contribution < 1.29 is 14.6 Å². The van der Waals surface area contributed by atoms with Crippen molar-refractivity contribution in [2.75, 3.05) is 0 Å². The van der Waals surface area contributed by atoms with Gasteiger partial charge in [-0.3, -0.25) is 4.79 Å². The first-order chi connectivity index (χ1) is 12.5. The summed E-state index contributed by atoms with van der Waals surface area (Å²) in [5.41, 5.74) is 1.10. The van der Waals surface area contributed by atoms with E-state index in [0.717, 1.165) is 4.57 Å². The molecule has 0 fully saturated rings. The number of rotatable bonds is 3. The highest BCUT2D eigenvalue weighted by atomic mass is 19.1. The number of fused-ring (bicyclic) bond motifs is 1. The summed E-state index contributed by atoms with van der Waals surface area (Å²) in [6.45, 7) is 0. The number of nitrogens with zero attached hydrogens (tertiary/aromatic N) is 2. The van der Waals surface area contributed by atoms with Crippen LogP contribution in [0.2, 0.25) is 0 Å². The van der Waals surface area contributed by atoms with Crippen LogP contribution < -0.4 is 5.56 Å². The Kier molecular flexibility index (Phi) is 3.69. The van der Waals surface area contributed by atoms with Crippen LogP contribution in [-0.4, -0.2) is 25.0 Å². The molecule has 0 aliphatic rings. The average Bonchev–Trinajstić information content (AvgIpc) is 2.98. The number of aromatic hydroxyl groups is 2. The van der Waals surface area contributed by atoms with Crippen molar-refractivity contribution in [1.29, 1.82) is 0 Å². The van der Waals surface area contributed by atoms with E-state index in [2.05, 4.69) is 10.2 Å². The Morgan fingerprint density at radius 2 is 1.69 bits per heavy atom. The highest BCUT2D eigenvalue weighted by Gasteiger charge is 2.14. The maximum atomic E-state index is 14.2. The van der Waals surface area contributed by atoms with Crippen molar-refractivity contribution in [2.45, 2.75) is 6.42 Å². The van der Waals surface area contributed by atoms with Gasteiger partial charge in [0.25, 0.3) is 5.56 Å². The summed E-state index contributed by atoms with van der Waals surface area (Å²) in [6.07, 6.45) is 0.341. The van der Waals surface area contributed by atoms with Crippen LogP contribution >= 0.6 is 0 Å². The van der Waals surface area contributed by atoms with Crippen molar-refractivity contribution in [3.63, 3.8) is 0 Å². The van der Waals surface area contributed by atoms with E-state index in [1.54, 1.807) is 24.3 Å². The first kappa shape index (κ1) is 15.9. The molecule has 4 rings (SSSR count). The van der Waals surface area contributed by atoms with Gasteiger partial charge in [-0.05, 0) is 23.8 Å². The first-order valence-electron chi connectivity index (χ1n) is 7.89. The van der Waals surface area contributed by atoms with E-state index >= 15 is 0 Å². The molecular formula is C19H14FN3O3. The molecule has 0 saturated carbocycles. The molecule has 0 amide bonds. The van der Waals surface area contributed by atoms with Crippen LogP contribution in [0.15, 0.2) is 59.4 Å². The Hall–Kier alpha value is -3.61. The molecule has 6 nitrogen and oxygen atoms in total. The van der Waals surface area contributed by atoms with Gasteiger partial charge in [-0.2, -0.15) is 5.10 Å². The molecule has 2 aromatic carbocycles. The SMILES string of the molecule is O=c1[nH]nc(Cc2ccc(F)c(-n3c(O)ccc3O)c2)c2ccccc12. The second-order valence-electron chi connectivity index (χ2n) is 5.89. The van der Waals surface area contributed by atoms with Gasteiger partial charge in [-0.15, -0.1) is 0 Å². The van der Waals surface area contributed by atoms with Crippen LogP contribution in [0.3, 0.4) is 0 Å². The largest absolute Gasteiger partial charge is 0.494 e. The molecule has 2 heterocycles. The molecular weight excluding hydrogens is 337 g/mol. The van der Waals surface area contributed by atoms with Crippen molar-refractivity contribution in [3.05, 3.63) is 82.0 Å². The molecule has 0 bridgehead atoms. The molecule has 0 aliphatic carbocycles. The lowest BCUT2D eigenvalue weighted by Gasteiger charge is -2.11. The second kappa shape index (κ2) is 6.03. The van der Waals surface area contributed by atoms with Gasteiger partial charge in [0.1, 0.15) is 5.82 Å². The lowest BCUT2D eigenvalue weighted by Crippen LogP contribution is -2.11. The van der Waals surface area contributed by atoms with Crippen LogP contribution in [0.5, 0.6) is 11.8 Å². The maximum absolute atomic E-state index is 14.2. The molecule has 0 saturated heterocycles. The molecule has 0 radical (unpaired) electrons. The number of hydrogen-bond donors (Lipinski definition) is 3. The predicted octanol–water partition coefficient (Wildman–Crippen LogP) is 2.85.